The normalized spacial score (nSPS) is 14.8. The van der Waals surface area contributed by atoms with Gasteiger partial charge < -0.3 is 19.7 Å². The summed E-state index contributed by atoms with van der Waals surface area (Å²) in [6, 6.07) is 5.16. The Bertz CT molecular complexity index is 646. The number of rotatable bonds is 6. The Hall–Kier alpha value is -2.24. The summed E-state index contributed by atoms with van der Waals surface area (Å²) in [5, 5.41) is 2.85. The van der Waals surface area contributed by atoms with Gasteiger partial charge >= 0.3 is 0 Å². The molecule has 1 fully saturated rings. The van der Waals surface area contributed by atoms with E-state index in [1.807, 2.05) is 20.8 Å². The molecule has 1 saturated carbocycles. The van der Waals surface area contributed by atoms with E-state index in [4.69, 9.17) is 9.47 Å². The van der Waals surface area contributed by atoms with E-state index in [2.05, 4.69) is 5.32 Å². The quantitative estimate of drug-likeness (QED) is 0.845. The Kier molecular flexibility index (Phi) is 6.51. The van der Waals surface area contributed by atoms with Crippen LogP contribution < -0.4 is 14.8 Å². The molecule has 0 saturated heterocycles. The van der Waals surface area contributed by atoms with E-state index >= 15 is 0 Å². The van der Waals surface area contributed by atoms with Crippen LogP contribution in [0.5, 0.6) is 11.5 Å². The molecule has 0 unspecified atom stereocenters. The Morgan fingerprint density at radius 2 is 1.85 bits per heavy atom. The minimum absolute atomic E-state index is 0.00125. The average Bonchev–Trinajstić information content (AvgIpc) is 3.05. The number of hydrogen-bond donors (Lipinski definition) is 1. The number of nitrogens with zero attached hydrogens (tertiary/aromatic N) is 1. The average molecular weight is 362 g/mol. The molecule has 2 rings (SSSR count). The van der Waals surface area contributed by atoms with Gasteiger partial charge in [-0.25, -0.2) is 0 Å². The van der Waals surface area contributed by atoms with Crippen molar-refractivity contribution in [2.45, 2.75) is 58.1 Å². The second kappa shape index (κ2) is 8.43. The zero-order chi connectivity index (χ0) is 19.3. The van der Waals surface area contributed by atoms with Crippen LogP contribution in [0.25, 0.3) is 0 Å². The molecule has 0 aliphatic heterocycles. The van der Waals surface area contributed by atoms with Crippen LogP contribution in [0.3, 0.4) is 0 Å². The molecule has 26 heavy (non-hydrogen) atoms. The molecule has 1 aliphatic rings. The van der Waals surface area contributed by atoms with E-state index in [9.17, 15) is 9.59 Å². The molecule has 0 bridgehead atoms. The lowest BCUT2D eigenvalue weighted by Gasteiger charge is -2.23. The summed E-state index contributed by atoms with van der Waals surface area (Å²) in [5.74, 6) is 0.764. The summed E-state index contributed by atoms with van der Waals surface area (Å²) in [6.07, 6.45) is 4.69. The number of carbonyl (C=O) groups is 2. The molecule has 6 nitrogen and oxygen atoms in total. The van der Waals surface area contributed by atoms with Crippen molar-refractivity contribution in [3.05, 3.63) is 23.8 Å². The number of ether oxygens (including phenoxy) is 2. The van der Waals surface area contributed by atoms with Gasteiger partial charge in [0.15, 0.2) is 11.5 Å². The predicted octanol–water partition coefficient (Wildman–Crippen LogP) is 3.00. The van der Waals surface area contributed by atoms with Crippen molar-refractivity contribution in [2.24, 2.45) is 0 Å². The monoisotopic (exact) mass is 362 g/mol. The van der Waals surface area contributed by atoms with Gasteiger partial charge in [-0.05, 0) is 64.7 Å². The number of methoxy groups -OCH3 is 1. The number of likely N-dealkylation sites (N-methyl/N-ethyl adjacent to an activating group) is 1. The van der Waals surface area contributed by atoms with Crippen molar-refractivity contribution in [1.29, 1.82) is 0 Å². The van der Waals surface area contributed by atoms with E-state index in [1.165, 1.54) is 17.7 Å². The van der Waals surface area contributed by atoms with Crippen LogP contribution in [-0.4, -0.2) is 49.1 Å². The molecule has 0 aromatic heterocycles. The van der Waals surface area contributed by atoms with Crippen LogP contribution >= 0.6 is 0 Å². The topological polar surface area (TPSA) is 67.9 Å². The fraction of sp³-hybridized carbons (Fsp3) is 0.600. The SMILES string of the molecule is COc1cc(C(=O)N(C)CC(=O)NC(C)(C)C)ccc1OC1CCCC1. The molecule has 0 spiro atoms. The van der Waals surface area contributed by atoms with E-state index < -0.39 is 0 Å². The molecule has 0 radical (unpaired) electrons. The van der Waals surface area contributed by atoms with Crippen molar-refractivity contribution in [2.75, 3.05) is 20.7 Å². The standard InChI is InChI=1S/C20H30N2O4/c1-20(2,3)21-18(23)13-22(4)19(24)14-10-11-16(17(12-14)25-5)26-15-8-6-7-9-15/h10-12,15H,6-9,13H2,1-5H3,(H,21,23). The van der Waals surface area contributed by atoms with Gasteiger partial charge in [0.05, 0.1) is 19.8 Å². The molecule has 1 aromatic rings. The molecule has 2 amide bonds. The van der Waals surface area contributed by atoms with E-state index in [0.717, 1.165) is 12.8 Å². The fourth-order valence-corrected chi connectivity index (χ4v) is 3.05. The van der Waals surface area contributed by atoms with Crippen molar-refractivity contribution in [3.8, 4) is 11.5 Å². The molecular weight excluding hydrogens is 332 g/mol. The van der Waals surface area contributed by atoms with Gasteiger partial charge in [0.1, 0.15) is 0 Å². The maximum atomic E-state index is 12.6. The van der Waals surface area contributed by atoms with Crippen LogP contribution in [0.2, 0.25) is 0 Å². The first-order valence-corrected chi connectivity index (χ1v) is 9.11. The van der Waals surface area contributed by atoms with Gasteiger partial charge in [-0.3, -0.25) is 9.59 Å². The van der Waals surface area contributed by atoms with Crippen molar-refractivity contribution in [1.82, 2.24) is 10.2 Å². The smallest absolute Gasteiger partial charge is 0.254 e. The largest absolute Gasteiger partial charge is 0.493 e. The van der Waals surface area contributed by atoms with Crippen molar-refractivity contribution in [3.63, 3.8) is 0 Å². The van der Waals surface area contributed by atoms with Crippen LogP contribution in [0.4, 0.5) is 0 Å². The number of carbonyl (C=O) groups excluding carboxylic acids is 2. The van der Waals surface area contributed by atoms with Crippen molar-refractivity contribution >= 4 is 11.8 Å². The summed E-state index contributed by atoms with van der Waals surface area (Å²) < 4.78 is 11.4. The van der Waals surface area contributed by atoms with Crippen molar-refractivity contribution < 1.29 is 19.1 Å². The van der Waals surface area contributed by atoms with Gasteiger partial charge in [-0.1, -0.05) is 0 Å². The second-order valence-electron chi connectivity index (χ2n) is 7.85. The summed E-state index contributed by atoms with van der Waals surface area (Å²) in [4.78, 5) is 26.0. The van der Waals surface area contributed by atoms with Crippen LogP contribution in [0.1, 0.15) is 56.8 Å². The molecule has 1 aromatic carbocycles. The molecular formula is C20H30N2O4. The third kappa shape index (κ3) is 5.64. The van der Waals surface area contributed by atoms with Crippen LogP contribution in [0.15, 0.2) is 18.2 Å². The van der Waals surface area contributed by atoms with E-state index in [-0.39, 0.29) is 30.0 Å². The molecule has 6 heteroatoms. The first kappa shape index (κ1) is 20.1. The van der Waals surface area contributed by atoms with E-state index in [0.29, 0.717) is 17.1 Å². The fourth-order valence-electron chi connectivity index (χ4n) is 3.05. The Balaban J connectivity index is 2.04. The molecule has 0 heterocycles. The lowest BCUT2D eigenvalue weighted by Crippen LogP contribution is -2.46. The highest BCUT2D eigenvalue weighted by atomic mass is 16.5. The molecule has 1 aliphatic carbocycles. The van der Waals surface area contributed by atoms with E-state index in [1.54, 1.807) is 32.4 Å². The van der Waals surface area contributed by atoms with Gasteiger partial charge in [0, 0.05) is 18.2 Å². The van der Waals surface area contributed by atoms with Crippen LogP contribution in [0, 0.1) is 0 Å². The molecule has 144 valence electrons. The summed E-state index contributed by atoms with van der Waals surface area (Å²) in [5.41, 5.74) is 0.135. The predicted molar refractivity (Wildman–Crippen MR) is 101 cm³/mol. The Morgan fingerprint density at radius 1 is 1.19 bits per heavy atom. The highest BCUT2D eigenvalue weighted by Gasteiger charge is 2.22. The minimum Gasteiger partial charge on any atom is -0.493 e. The first-order valence-electron chi connectivity index (χ1n) is 9.11. The minimum atomic E-state index is -0.330. The number of hydrogen-bond acceptors (Lipinski definition) is 4. The zero-order valence-corrected chi connectivity index (χ0v) is 16.4. The number of amides is 2. The molecule has 1 N–H and O–H groups in total. The Morgan fingerprint density at radius 3 is 2.42 bits per heavy atom. The zero-order valence-electron chi connectivity index (χ0n) is 16.4. The number of benzene rings is 1. The summed E-state index contributed by atoms with van der Waals surface area (Å²) in [7, 11) is 3.17. The summed E-state index contributed by atoms with van der Waals surface area (Å²) in [6.45, 7) is 5.71. The maximum Gasteiger partial charge on any atom is 0.254 e. The second-order valence-corrected chi connectivity index (χ2v) is 7.85. The first-order chi connectivity index (χ1) is 12.2. The van der Waals surface area contributed by atoms with Gasteiger partial charge in [-0.15, -0.1) is 0 Å². The highest BCUT2D eigenvalue weighted by molar-refractivity contribution is 5.97. The lowest BCUT2D eigenvalue weighted by molar-refractivity contribution is -0.122. The van der Waals surface area contributed by atoms with Crippen LogP contribution in [-0.2, 0) is 4.79 Å². The lowest BCUT2D eigenvalue weighted by atomic mass is 10.1. The third-order valence-corrected chi connectivity index (χ3v) is 4.25. The maximum absolute atomic E-state index is 12.6. The number of nitrogens with one attached hydrogen (secondary N) is 1. The Labute approximate surface area is 155 Å². The molecule has 0 atom stereocenters. The summed E-state index contributed by atoms with van der Waals surface area (Å²) >= 11 is 0. The van der Waals surface area contributed by atoms with Gasteiger partial charge in [-0.2, -0.15) is 0 Å². The highest BCUT2D eigenvalue weighted by Crippen LogP contribution is 2.32. The third-order valence-electron chi connectivity index (χ3n) is 4.25. The van der Waals surface area contributed by atoms with Gasteiger partial charge in [0.25, 0.3) is 5.91 Å². The van der Waals surface area contributed by atoms with Gasteiger partial charge in [0.2, 0.25) is 5.91 Å².